The van der Waals surface area contributed by atoms with Crippen molar-refractivity contribution in [2.75, 3.05) is 44.8 Å². The summed E-state index contributed by atoms with van der Waals surface area (Å²) in [7, 11) is 1.59. The van der Waals surface area contributed by atoms with Gasteiger partial charge in [0, 0.05) is 35.8 Å². The molecule has 2 aliphatic heterocycles. The van der Waals surface area contributed by atoms with Crippen LogP contribution in [0.3, 0.4) is 0 Å². The summed E-state index contributed by atoms with van der Waals surface area (Å²) in [5.41, 5.74) is 4.24. The van der Waals surface area contributed by atoms with E-state index in [2.05, 4.69) is 32.2 Å². The maximum absolute atomic E-state index is 13.6. The van der Waals surface area contributed by atoms with E-state index in [0.717, 1.165) is 22.6 Å². The third-order valence-corrected chi connectivity index (χ3v) is 6.89. The van der Waals surface area contributed by atoms with Crippen LogP contribution in [0.15, 0.2) is 24.3 Å². The number of likely N-dealkylation sites (N-methyl/N-ethyl adjacent to an activating group) is 1. The molecule has 2 aliphatic rings. The Labute approximate surface area is 240 Å². The third-order valence-electron chi connectivity index (χ3n) is 6.89. The standard InChI is InChI=1S/C29H35N5O4.BrH/c1-6-37-25-14-20-16-34(28(31)21(20)11-19(25)15-26(36)32-5)17-24(35)18-12-22(29(2,3)4)27-23(13-18)33(8-7-30)9-10-38-27;/h11-14,31H,6,8-10,15-17H2,1-5H3,(H,32,36);1H. The summed E-state index contributed by atoms with van der Waals surface area (Å²) in [5.74, 6) is 1.34. The number of halogens is 1. The topological polar surface area (TPSA) is 119 Å². The number of nitrogens with one attached hydrogen (secondary N) is 2. The maximum Gasteiger partial charge on any atom is 0.224 e. The van der Waals surface area contributed by atoms with E-state index >= 15 is 0 Å². The smallest absolute Gasteiger partial charge is 0.224 e. The summed E-state index contributed by atoms with van der Waals surface area (Å²) in [6.07, 6.45) is 0.150. The number of nitrogens with zero attached hydrogens (tertiary/aromatic N) is 3. The Hall–Kier alpha value is -3.58. The van der Waals surface area contributed by atoms with E-state index in [0.29, 0.717) is 48.7 Å². The van der Waals surface area contributed by atoms with Crippen molar-refractivity contribution < 1.29 is 19.1 Å². The van der Waals surface area contributed by atoms with Crippen molar-refractivity contribution in [3.05, 3.63) is 52.1 Å². The quantitative estimate of drug-likeness (QED) is 0.349. The largest absolute Gasteiger partial charge is 0.494 e. The number of carbonyl (C=O) groups excluding carboxylic acids is 2. The number of ether oxygens (including phenoxy) is 2. The number of rotatable bonds is 8. The van der Waals surface area contributed by atoms with Gasteiger partial charge in [0.05, 0.1) is 37.9 Å². The molecule has 0 bridgehead atoms. The van der Waals surface area contributed by atoms with Gasteiger partial charge < -0.3 is 24.6 Å². The Morgan fingerprint density at radius 3 is 2.59 bits per heavy atom. The number of amidine groups is 1. The molecule has 39 heavy (non-hydrogen) atoms. The molecule has 0 saturated heterocycles. The van der Waals surface area contributed by atoms with Gasteiger partial charge in [-0.15, -0.1) is 17.0 Å². The van der Waals surface area contributed by atoms with E-state index in [1.807, 2.05) is 36.1 Å². The van der Waals surface area contributed by atoms with Crippen LogP contribution in [0.25, 0.3) is 0 Å². The number of ketones is 1. The number of amides is 1. The van der Waals surface area contributed by atoms with Gasteiger partial charge in [-0.1, -0.05) is 20.8 Å². The summed E-state index contributed by atoms with van der Waals surface area (Å²) < 4.78 is 11.8. The van der Waals surface area contributed by atoms with Crippen molar-refractivity contribution in [3.8, 4) is 17.6 Å². The molecule has 4 rings (SSSR count). The second kappa shape index (κ2) is 12.1. The molecule has 1 amide bonds. The molecule has 0 spiro atoms. The first-order valence-corrected chi connectivity index (χ1v) is 12.9. The molecule has 2 aromatic rings. The molecular weight excluding hydrogens is 562 g/mol. The molecule has 0 aromatic heterocycles. The molecule has 2 heterocycles. The molecular formula is C29H36BrN5O4. The number of benzene rings is 2. The van der Waals surface area contributed by atoms with Crippen molar-refractivity contribution in [3.63, 3.8) is 0 Å². The van der Waals surface area contributed by atoms with Crippen LogP contribution in [0, 0.1) is 16.7 Å². The van der Waals surface area contributed by atoms with E-state index in [-0.39, 0.29) is 59.4 Å². The second-order valence-corrected chi connectivity index (χ2v) is 10.6. The van der Waals surface area contributed by atoms with Crippen molar-refractivity contribution >= 4 is 40.2 Å². The molecule has 9 nitrogen and oxygen atoms in total. The molecule has 0 saturated carbocycles. The minimum absolute atomic E-state index is 0. The molecule has 208 valence electrons. The lowest BCUT2D eigenvalue weighted by Gasteiger charge is -2.34. The zero-order chi connectivity index (χ0) is 27.6. The fraction of sp³-hybridized carbons (Fsp3) is 0.448. The van der Waals surface area contributed by atoms with E-state index in [9.17, 15) is 14.9 Å². The Kier molecular flexibility index (Phi) is 9.28. The predicted molar refractivity (Wildman–Crippen MR) is 156 cm³/mol. The molecule has 10 heteroatoms. The summed E-state index contributed by atoms with van der Waals surface area (Å²) in [5, 5.41) is 20.7. The monoisotopic (exact) mass is 597 g/mol. The lowest BCUT2D eigenvalue weighted by molar-refractivity contribution is -0.119. The van der Waals surface area contributed by atoms with Gasteiger partial charge in [0.15, 0.2) is 5.78 Å². The van der Waals surface area contributed by atoms with E-state index in [4.69, 9.17) is 14.9 Å². The van der Waals surface area contributed by atoms with Crippen LogP contribution in [0.2, 0.25) is 0 Å². The summed E-state index contributed by atoms with van der Waals surface area (Å²) in [6, 6.07) is 9.61. The molecule has 0 atom stereocenters. The zero-order valence-electron chi connectivity index (χ0n) is 23.1. The third kappa shape index (κ3) is 6.19. The molecule has 2 N–H and O–H groups in total. The van der Waals surface area contributed by atoms with Crippen LogP contribution in [0.4, 0.5) is 5.69 Å². The first kappa shape index (κ1) is 30.0. The van der Waals surface area contributed by atoms with Crippen molar-refractivity contribution in [1.82, 2.24) is 10.2 Å². The van der Waals surface area contributed by atoms with Gasteiger partial charge in [-0.3, -0.25) is 15.0 Å². The number of nitriles is 1. The van der Waals surface area contributed by atoms with Gasteiger partial charge in [-0.25, -0.2) is 0 Å². The Bertz CT molecular complexity index is 1330. The maximum atomic E-state index is 13.6. The summed E-state index contributed by atoms with van der Waals surface area (Å²) in [6.45, 7) is 10.3. The van der Waals surface area contributed by atoms with E-state index in [1.54, 1.807) is 11.9 Å². The summed E-state index contributed by atoms with van der Waals surface area (Å²) in [4.78, 5) is 29.3. The highest BCUT2D eigenvalue weighted by Crippen LogP contribution is 2.42. The van der Waals surface area contributed by atoms with Crippen LogP contribution in [0.5, 0.6) is 11.5 Å². The van der Waals surface area contributed by atoms with Crippen LogP contribution in [0.1, 0.15) is 60.3 Å². The van der Waals surface area contributed by atoms with Crippen molar-refractivity contribution in [2.45, 2.75) is 46.1 Å². The zero-order valence-corrected chi connectivity index (χ0v) is 24.9. The van der Waals surface area contributed by atoms with Gasteiger partial charge in [-0.05, 0) is 42.2 Å². The lowest BCUT2D eigenvalue weighted by atomic mass is 9.84. The average molecular weight is 599 g/mol. The lowest BCUT2D eigenvalue weighted by Crippen LogP contribution is -2.35. The normalized spacial score (nSPS) is 14.0. The number of hydrogen-bond acceptors (Lipinski definition) is 7. The van der Waals surface area contributed by atoms with Crippen LogP contribution < -0.4 is 19.7 Å². The average Bonchev–Trinajstić information content (AvgIpc) is 3.17. The van der Waals surface area contributed by atoms with Gasteiger partial charge in [0.2, 0.25) is 5.91 Å². The number of anilines is 1. The molecule has 0 fully saturated rings. The van der Waals surface area contributed by atoms with Crippen molar-refractivity contribution in [1.29, 1.82) is 10.7 Å². The predicted octanol–water partition coefficient (Wildman–Crippen LogP) is 4.00. The van der Waals surface area contributed by atoms with Crippen LogP contribution >= 0.6 is 17.0 Å². The fourth-order valence-corrected chi connectivity index (χ4v) is 4.91. The minimum Gasteiger partial charge on any atom is -0.494 e. The van der Waals surface area contributed by atoms with Crippen LogP contribution in [-0.4, -0.2) is 62.3 Å². The number of hydrogen-bond donors (Lipinski definition) is 2. The first-order chi connectivity index (χ1) is 18.1. The Balaban J connectivity index is 0.00000420. The number of Topliss-reactive ketones (excluding diaryl/α,β-unsaturated/α-hetero) is 1. The number of carbonyl (C=O) groups is 2. The highest BCUT2D eigenvalue weighted by atomic mass is 79.9. The van der Waals surface area contributed by atoms with E-state index < -0.39 is 0 Å². The van der Waals surface area contributed by atoms with Gasteiger partial charge in [0.1, 0.15) is 30.5 Å². The van der Waals surface area contributed by atoms with Gasteiger partial charge >= 0.3 is 0 Å². The molecule has 0 unspecified atom stereocenters. The first-order valence-electron chi connectivity index (χ1n) is 12.9. The second-order valence-electron chi connectivity index (χ2n) is 10.6. The molecule has 0 radical (unpaired) electrons. The highest BCUT2D eigenvalue weighted by Gasteiger charge is 2.31. The minimum atomic E-state index is -0.274. The summed E-state index contributed by atoms with van der Waals surface area (Å²) >= 11 is 0. The van der Waals surface area contributed by atoms with Gasteiger partial charge in [-0.2, -0.15) is 5.26 Å². The fourth-order valence-electron chi connectivity index (χ4n) is 4.91. The Morgan fingerprint density at radius 1 is 1.21 bits per heavy atom. The Morgan fingerprint density at radius 2 is 1.95 bits per heavy atom. The van der Waals surface area contributed by atoms with E-state index in [1.165, 1.54) is 0 Å². The SMILES string of the molecule is Br.CCOc1cc2c(cc1CC(=O)NC)C(=N)N(CC(=O)c1cc3c(c(C(C)(C)C)c1)OCCN3CC#N)C2. The number of fused-ring (bicyclic) bond motifs is 2. The highest BCUT2D eigenvalue weighted by molar-refractivity contribution is 8.93. The molecule has 2 aromatic carbocycles. The van der Waals surface area contributed by atoms with Crippen molar-refractivity contribution in [2.24, 2.45) is 0 Å². The molecule has 0 aliphatic carbocycles. The van der Waals surface area contributed by atoms with Crippen LogP contribution in [-0.2, 0) is 23.2 Å². The van der Waals surface area contributed by atoms with Gasteiger partial charge in [0.25, 0.3) is 0 Å².